The van der Waals surface area contributed by atoms with E-state index in [-0.39, 0.29) is 5.91 Å². The summed E-state index contributed by atoms with van der Waals surface area (Å²) >= 11 is 0. The Hall–Kier alpha value is -2.10. The number of nitrogens with zero attached hydrogens (tertiary/aromatic N) is 1. The summed E-state index contributed by atoms with van der Waals surface area (Å²) in [7, 11) is 0. The van der Waals surface area contributed by atoms with E-state index in [1.807, 2.05) is 13.8 Å². The molecule has 0 aliphatic heterocycles. The number of aromatic amines is 1. The van der Waals surface area contributed by atoms with Crippen LogP contribution in [0.4, 0.5) is 0 Å². The molecule has 4 heteroatoms. The van der Waals surface area contributed by atoms with Gasteiger partial charge in [0.25, 0.3) is 5.91 Å². The molecule has 0 unspecified atom stereocenters. The number of aromatic nitrogens is 2. The molecule has 0 saturated carbocycles. The summed E-state index contributed by atoms with van der Waals surface area (Å²) in [6.07, 6.45) is 4.22. The van der Waals surface area contributed by atoms with E-state index >= 15 is 0 Å². The van der Waals surface area contributed by atoms with Gasteiger partial charge in [0.15, 0.2) is 0 Å². The molecule has 4 nitrogen and oxygen atoms in total. The molecule has 0 atom stereocenters. The van der Waals surface area contributed by atoms with Gasteiger partial charge in [0.05, 0.1) is 0 Å². The highest BCUT2D eigenvalue weighted by Crippen LogP contribution is 2.25. The normalized spacial score (nSPS) is 10.7. The van der Waals surface area contributed by atoms with E-state index in [0.29, 0.717) is 13.0 Å². The number of H-pyrrole nitrogens is 1. The molecule has 0 bridgehead atoms. The van der Waals surface area contributed by atoms with Crippen molar-refractivity contribution in [2.75, 3.05) is 6.54 Å². The van der Waals surface area contributed by atoms with Gasteiger partial charge < -0.3 is 10.3 Å². The molecule has 1 aromatic carbocycles. The van der Waals surface area contributed by atoms with Gasteiger partial charge in [0, 0.05) is 30.9 Å². The average Bonchev–Trinajstić information content (AvgIpc) is 2.96. The molecule has 0 spiro atoms. The number of imidazole rings is 1. The molecule has 0 aliphatic carbocycles. The first kappa shape index (κ1) is 15.3. The van der Waals surface area contributed by atoms with Crippen LogP contribution in [-0.2, 0) is 6.42 Å². The smallest absolute Gasteiger partial charge is 0.251 e. The van der Waals surface area contributed by atoms with Gasteiger partial charge in [-0.2, -0.15) is 0 Å². The Morgan fingerprint density at radius 3 is 2.14 bits per heavy atom. The SMILES string of the molecule is Cc1c(C)c(C)c(C(=O)NCCc2ncc[nH]2)c(C)c1C. The lowest BCUT2D eigenvalue weighted by Crippen LogP contribution is -2.28. The molecule has 21 heavy (non-hydrogen) atoms. The lowest BCUT2D eigenvalue weighted by Gasteiger charge is -2.18. The zero-order valence-corrected chi connectivity index (χ0v) is 13.4. The van der Waals surface area contributed by atoms with Crippen LogP contribution in [0.25, 0.3) is 0 Å². The summed E-state index contributed by atoms with van der Waals surface area (Å²) < 4.78 is 0. The number of carbonyl (C=O) groups excluding carboxylic acids is 1. The number of benzene rings is 1. The molecule has 1 heterocycles. The predicted molar refractivity (Wildman–Crippen MR) is 84.8 cm³/mol. The van der Waals surface area contributed by atoms with Crippen LogP contribution in [-0.4, -0.2) is 22.4 Å². The van der Waals surface area contributed by atoms with Gasteiger partial charge in [0.1, 0.15) is 5.82 Å². The molecule has 2 N–H and O–H groups in total. The number of hydrogen-bond acceptors (Lipinski definition) is 2. The molecule has 0 saturated heterocycles. The number of amides is 1. The molecule has 0 aliphatic rings. The summed E-state index contributed by atoms with van der Waals surface area (Å²) in [5.74, 6) is 0.891. The third-order valence-corrected chi connectivity index (χ3v) is 4.43. The Morgan fingerprint density at radius 1 is 1.05 bits per heavy atom. The fourth-order valence-corrected chi connectivity index (χ4v) is 2.66. The van der Waals surface area contributed by atoms with E-state index in [0.717, 1.165) is 22.5 Å². The highest BCUT2D eigenvalue weighted by Gasteiger charge is 2.17. The summed E-state index contributed by atoms with van der Waals surface area (Å²) in [5.41, 5.74) is 6.65. The van der Waals surface area contributed by atoms with Crippen LogP contribution in [0.2, 0.25) is 0 Å². The van der Waals surface area contributed by atoms with Crippen molar-refractivity contribution >= 4 is 5.91 Å². The van der Waals surface area contributed by atoms with Crippen molar-refractivity contribution in [2.24, 2.45) is 0 Å². The molecular weight excluding hydrogens is 262 g/mol. The van der Waals surface area contributed by atoms with Crippen LogP contribution in [0.15, 0.2) is 12.4 Å². The minimum Gasteiger partial charge on any atom is -0.352 e. The minimum atomic E-state index is 0.00255. The molecule has 2 aromatic rings. The molecular formula is C17H23N3O. The Kier molecular flexibility index (Phi) is 4.46. The van der Waals surface area contributed by atoms with Crippen LogP contribution < -0.4 is 5.32 Å². The number of hydrogen-bond donors (Lipinski definition) is 2. The van der Waals surface area contributed by atoms with E-state index in [4.69, 9.17) is 0 Å². The summed E-state index contributed by atoms with van der Waals surface area (Å²) in [4.78, 5) is 19.7. The molecule has 1 amide bonds. The van der Waals surface area contributed by atoms with Crippen molar-refractivity contribution in [3.05, 3.63) is 51.6 Å². The monoisotopic (exact) mass is 285 g/mol. The quantitative estimate of drug-likeness (QED) is 0.907. The van der Waals surface area contributed by atoms with Crippen molar-refractivity contribution < 1.29 is 4.79 Å². The average molecular weight is 285 g/mol. The maximum Gasteiger partial charge on any atom is 0.251 e. The van der Waals surface area contributed by atoms with Gasteiger partial charge in [-0.1, -0.05) is 0 Å². The predicted octanol–water partition coefficient (Wildman–Crippen LogP) is 2.92. The maximum absolute atomic E-state index is 12.5. The van der Waals surface area contributed by atoms with Crippen LogP contribution in [0.1, 0.15) is 44.0 Å². The van der Waals surface area contributed by atoms with Gasteiger partial charge >= 0.3 is 0 Å². The van der Waals surface area contributed by atoms with E-state index < -0.39 is 0 Å². The third-order valence-electron chi connectivity index (χ3n) is 4.43. The van der Waals surface area contributed by atoms with Crippen LogP contribution in [0.5, 0.6) is 0 Å². The van der Waals surface area contributed by atoms with E-state index in [9.17, 15) is 4.79 Å². The lowest BCUT2D eigenvalue weighted by atomic mass is 9.89. The Labute approximate surface area is 126 Å². The second-order valence-electron chi connectivity index (χ2n) is 5.54. The van der Waals surface area contributed by atoms with Crippen LogP contribution in [0, 0.1) is 34.6 Å². The Bertz CT molecular complexity index is 628. The van der Waals surface area contributed by atoms with E-state index in [1.165, 1.54) is 16.7 Å². The summed E-state index contributed by atoms with van der Waals surface area (Å²) in [5, 5.41) is 2.99. The first-order chi connectivity index (χ1) is 9.93. The van der Waals surface area contributed by atoms with Crippen LogP contribution in [0.3, 0.4) is 0 Å². The first-order valence-corrected chi connectivity index (χ1v) is 7.27. The highest BCUT2D eigenvalue weighted by molar-refractivity contribution is 5.98. The van der Waals surface area contributed by atoms with Gasteiger partial charge in [-0.15, -0.1) is 0 Å². The highest BCUT2D eigenvalue weighted by atomic mass is 16.1. The number of carbonyl (C=O) groups is 1. The van der Waals surface area contributed by atoms with Crippen molar-refractivity contribution in [3.8, 4) is 0 Å². The fourth-order valence-electron chi connectivity index (χ4n) is 2.66. The van der Waals surface area contributed by atoms with Crippen LogP contribution >= 0.6 is 0 Å². The van der Waals surface area contributed by atoms with Crippen molar-refractivity contribution in [1.29, 1.82) is 0 Å². The second kappa shape index (κ2) is 6.12. The first-order valence-electron chi connectivity index (χ1n) is 7.27. The third kappa shape index (κ3) is 2.99. The Morgan fingerprint density at radius 2 is 1.62 bits per heavy atom. The van der Waals surface area contributed by atoms with E-state index in [1.54, 1.807) is 12.4 Å². The molecule has 0 radical (unpaired) electrons. The molecule has 1 aromatic heterocycles. The van der Waals surface area contributed by atoms with Crippen molar-refractivity contribution in [1.82, 2.24) is 15.3 Å². The van der Waals surface area contributed by atoms with Gasteiger partial charge in [-0.05, 0) is 62.4 Å². The number of rotatable bonds is 4. The van der Waals surface area contributed by atoms with Gasteiger partial charge in [-0.3, -0.25) is 4.79 Å². The van der Waals surface area contributed by atoms with Crippen molar-refractivity contribution in [2.45, 2.75) is 41.0 Å². The number of nitrogens with one attached hydrogen (secondary N) is 2. The lowest BCUT2D eigenvalue weighted by molar-refractivity contribution is 0.0952. The second-order valence-corrected chi connectivity index (χ2v) is 5.54. The fraction of sp³-hybridized carbons (Fsp3) is 0.412. The zero-order valence-electron chi connectivity index (χ0n) is 13.4. The maximum atomic E-state index is 12.5. The summed E-state index contributed by atoms with van der Waals surface area (Å²) in [6.45, 7) is 10.9. The molecule has 2 rings (SSSR count). The Balaban J connectivity index is 2.16. The minimum absolute atomic E-state index is 0.00255. The molecule has 0 fully saturated rings. The largest absolute Gasteiger partial charge is 0.352 e. The standard InChI is InChI=1S/C17H23N3O/c1-10-11(2)13(4)16(14(5)12(10)3)17(21)20-7-6-15-18-8-9-19-15/h8-9H,6-7H2,1-5H3,(H,18,19)(H,20,21). The molecule has 112 valence electrons. The zero-order chi connectivity index (χ0) is 15.6. The van der Waals surface area contributed by atoms with Gasteiger partial charge in [0.2, 0.25) is 0 Å². The van der Waals surface area contributed by atoms with Gasteiger partial charge in [-0.25, -0.2) is 4.98 Å². The summed E-state index contributed by atoms with van der Waals surface area (Å²) in [6, 6.07) is 0. The topological polar surface area (TPSA) is 57.8 Å². The van der Waals surface area contributed by atoms with Crippen molar-refractivity contribution in [3.63, 3.8) is 0 Å². The van der Waals surface area contributed by atoms with E-state index in [2.05, 4.69) is 36.1 Å².